The number of aliphatic carboxylic acids is 1. The van der Waals surface area contributed by atoms with Gasteiger partial charge in [-0.2, -0.15) is 8.42 Å². The molecule has 0 saturated heterocycles. The van der Waals surface area contributed by atoms with Crippen molar-refractivity contribution in [3.05, 3.63) is 58.7 Å². The Morgan fingerprint density at radius 3 is 2.14 bits per heavy atom. The van der Waals surface area contributed by atoms with Crippen LogP contribution in [0.5, 0.6) is 11.5 Å². The second kappa shape index (κ2) is 12.2. The molecule has 198 valence electrons. The number of carboxylic acids is 1. The molecule has 0 atom stereocenters. The van der Waals surface area contributed by atoms with Gasteiger partial charge in [0.05, 0.1) is 12.3 Å². The van der Waals surface area contributed by atoms with Crippen LogP contribution in [-0.2, 0) is 32.7 Å². The zero-order chi connectivity index (χ0) is 27.1. The van der Waals surface area contributed by atoms with Crippen LogP contribution >= 0.6 is 0 Å². The fourth-order valence-corrected chi connectivity index (χ4v) is 4.07. The van der Waals surface area contributed by atoms with Crippen molar-refractivity contribution in [3.63, 3.8) is 0 Å². The number of carboxylic acid groups (broad SMARTS) is 1. The number of hydrogen-bond acceptors (Lipinski definition) is 7. The number of ether oxygens (including phenoxy) is 1. The van der Waals surface area contributed by atoms with Crippen LogP contribution in [0.1, 0.15) is 43.0 Å². The van der Waals surface area contributed by atoms with E-state index in [2.05, 4.69) is 5.32 Å². The van der Waals surface area contributed by atoms with Crippen LogP contribution in [0.2, 0.25) is 0 Å². The second-order valence-electron chi connectivity index (χ2n) is 9.18. The van der Waals surface area contributed by atoms with Gasteiger partial charge in [-0.05, 0) is 75.4 Å². The van der Waals surface area contributed by atoms with Crippen molar-refractivity contribution >= 4 is 22.0 Å². The van der Waals surface area contributed by atoms with Gasteiger partial charge in [-0.25, -0.2) is 4.79 Å². The molecule has 0 fully saturated rings. The van der Waals surface area contributed by atoms with Crippen molar-refractivity contribution < 1.29 is 32.0 Å². The lowest BCUT2D eigenvalue weighted by molar-refractivity contribution is -0.152. The highest BCUT2D eigenvalue weighted by Gasteiger charge is 2.30. The molecular weight excluding hydrogens is 484 g/mol. The molecule has 36 heavy (non-hydrogen) atoms. The van der Waals surface area contributed by atoms with E-state index in [1.165, 1.54) is 20.8 Å². The first kappa shape index (κ1) is 29.1. The molecule has 2 rings (SSSR count). The van der Waals surface area contributed by atoms with Gasteiger partial charge in [0.1, 0.15) is 11.5 Å². The molecule has 0 saturated carbocycles. The van der Waals surface area contributed by atoms with Gasteiger partial charge in [-0.1, -0.05) is 24.3 Å². The average Bonchev–Trinajstić information content (AvgIpc) is 2.80. The Morgan fingerprint density at radius 2 is 1.64 bits per heavy atom. The van der Waals surface area contributed by atoms with E-state index in [0.29, 0.717) is 25.3 Å². The van der Waals surface area contributed by atoms with Crippen LogP contribution in [0.4, 0.5) is 0 Å². The molecule has 0 unspecified atom stereocenters. The van der Waals surface area contributed by atoms with Crippen LogP contribution in [0.25, 0.3) is 0 Å². The summed E-state index contributed by atoms with van der Waals surface area (Å²) in [7, 11) is -1.99. The summed E-state index contributed by atoms with van der Waals surface area (Å²) in [5.74, 6) is -0.459. The minimum Gasteiger partial charge on any atom is -0.478 e. The summed E-state index contributed by atoms with van der Waals surface area (Å²) in [4.78, 5) is 25.6. The van der Waals surface area contributed by atoms with Crippen LogP contribution in [0.15, 0.2) is 36.4 Å². The smallest absolute Gasteiger partial charge is 0.347 e. The van der Waals surface area contributed by atoms with Crippen molar-refractivity contribution in [1.29, 1.82) is 0 Å². The monoisotopic (exact) mass is 520 g/mol. The van der Waals surface area contributed by atoms with E-state index in [1.54, 1.807) is 19.2 Å². The highest BCUT2D eigenvalue weighted by molar-refractivity contribution is 7.87. The fourth-order valence-electron chi connectivity index (χ4n) is 3.55. The number of amides is 1. The summed E-state index contributed by atoms with van der Waals surface area (Å²) in [6.07, 6.45) is 0.643. The molecule has 1 amide bonds. The third-order valence-corrected chi connectivity index (χ3v) is 6.81. The first-order valence-corrected chi connectivity index (χ1v) is 13.3. The van der Waals surface area contributed by atoms with Gasteiger partial charge in [0.15, 0.2) is 5.60 Å². The topological polar surface area (TPSA) is 122 Å². The molecule has 2 aromatic rings. The van der Waals surface area contributed by atoms with Gasteiger partial charge in [0.2, 0.25) is 5.91 Å². The lowest BCUT2D eigenvalue weighted by Crippen LogP contribution is -2.38. The molecule has 10 heteroatoms. The van der Waals surface area contributed by atoms with Gasteiger partial charge in [0.25, 0.3) is 0 Å². The Kier molecular flexibility index (Phi) is 9.89. The summed E-state index contributed by atoms with van der Waals surface area (Å²) in [5, 5.41) is 12.0. The Hall–Kier alpha value is -3.11. The molecule has 9 nitrogen and oxygen atoms in total. The fraction of sp³-hybridized carbons (Fsp3) is 0.462. The molecule has 2 N–H and O–H groups in total. The molecule has 0 spiro atoms. The van der Waals surface area contributed by atoms with Crippen LogP contribution < -0.4 is 14.2 Å². The minimum absolute atomic E-state index is 0.105. The number of carbonyl (C=O) groups excluding carboxylic acids is 1. The van der Waals surface area contributed by atoms with Crippen LogP contribution in [-0.4, -0.2) is 61.8 Å². The quantitative estimate of drug-likeness (QED) is 0.387. The lowest BCUT2D eigenvalue weighted by Gasteiger charge is -2.26. The van der Waals surface area contributed by atoms with Crippen molar-refractivity contribution in [2.75, 3.05) is 25.9 Å². The summed E-state index contributed by atoms with van der Waals surface area (Å²) in [6, 6.07) is 10.7. The van der Waals surface area contributed by atoms with Crippen molar-refractivity contribution in [2.24, 2.45) is 0 Å². The first-order valence-electron chi connectivity index (χ1n) is 11.7. The zero-order valence-electron chi connectivity index (χ0n) is 21.8. The second-order valence-corrected chi connectivity index (χ2v) is 11.0. The highest BCUT2D eigenvalue weighted by atomic mass is 32.2. The molecule has 2 aromatic carbocycles. The van der Waals surface area contributed by atoms with Crippen molar-refractivity contribution in [1.82, 2.24) is 10.2 Å². The highest BCUT2D eigenvalue weighted by Crippen LogP contribution is 2.29. The van der Waals surface area contributed by atoms with E-state index in [4.69, 9.17) is 8.92 Å². The summed E-state index contributed by atoms with van der Waals surface area (Å²) in [6.45, 7) is 9.57. The van der Waals surface area contributed by atoms with Crippen molar-refractivity contribution in [3.8, 4) is 11.5 Å². The number of aryl methyl sites for hydroxylation is 2. The third kappa shape index (κ3) is 8.53. The summed E-state index contributed by atoms with van der Waals surface area (Å²) < 4.78 is 34.1. The molecule has 0 aliphatic carbocycles. The van der Waals surface area contributed by atoms with E-state index in [1.807, 2.05) is 43.0 Å². The molecule has 0 aromatic heterocycles. The predicted molar refractivity (Wildman–Crippen MR) is 138 cm³/mol. The van der Waals surface area contributed by atoms with Gasteiger partial charge >= 0.3 is 16.1 Å². The number of likely N-dealkylation sites (N-methyl/N-ethyl adjacent to an activating group) is 1. The Labute approximate surface area is 213 Å². The van der Waals surface area contributed by atoms with E-state index < -0.39 is 21.7 Å². The van der Waals surface area contributed by atoms with E-state index in [9.17, 15) is 23.1 Å². The largest absolute Gasteiger partial charge is 0.478 e. The number of hydrogen-bond donors (Lipinski definition) is 2. The Morgan fingerprint density at radius 1 is 1.06 bits per heavy atom. The summed E-state index contributed by atoms with van der Waals surface area (Å²) >= 11 is 0. The molecule has 0 heterocycles. The predicted octanol–water partition coefficient (Wildman–Crippen LogP) is 3.06. The first-order chi connectivity index (χ1) is 16.8. The molecule has 0 radical (unpaired) electrons. The zero-order valence-corrected chi connectivity index (χ0v) is 22.6. The lowest BCUT2D eigenvalue weighted by atomic mass is 10.0. The van der Waals surface area contributed by atoms with E-state index >= 15 is 0 Å². The maximum atomic E-state index is 12.1. The van der Waals surface area contributed by atoms with Gasteiger partial charge < -0.3 is 19.3 Å². The van der Waals surface area contributed by atoms with E-state index in [-0.39, 0.29) is 24.0 Å². The number of nitrogens with zero attached hydrogens (tertiary/aromatic N) is 1. The van der Waals surface area contributed by atoms with Crippen LogP contribution in [0, 0.1) is 13.8 Å². The Balaban J connectivity index is 2.15. The molecular formula is C26H36N2O7S. The standard InChI is InChI=1S/C26H36N2O7S/c1-7-36(32,33)35-22-10-8-20(9-11-22)12-13-28(17-23(29)27-6)16-21-14-18(2)24(19(3)15-21)34-26(4,5)25(30)31/h8-11,14-15H,7,12-13,16-17H2,1-6H3,(H,27,29)(H,30,31). The normalized spacial score (nSPS) is 11.9. The maximum absolute atomic E-state index is 12.1. The number of benzene rings is 2. The number of carbonyl (C=O) groups is 2. The number of nitrogens with one attached hydrogen (secondary N) is 1. The number of rotatable bonds is 13. The third-order valence-electron chi connectivity index (χ3n) is 5.66. The van der Waals surface area contributed by atoms with Gasteiger partial charge in [-0.3, -0.25) is 9.69 Å². The minimum atomic E-state index is -3.58. The van der Waals surface area contributed by atoms with Gasteiger partial charge in [0, 0.05) is 20.1 Å². The molecule has 0 bridgehead atoms. The van der Waals surface area contributed by atoms with Gasteiger partial charge in [-0.15, -0.1) is 0 Å². The van der Waals surface area contributed by atoms with Crippen molar-refractivity contribution in [2.45, 2.75) is 53.2 Å². The summed E-state index contributed by atoms with van der Waals surface area (Å²) in [5.41, 5.74) is 2.23. The van der Waals surface area contributed by atoms with E-state index in [0.717, 1.165) is 22.3 Å². The maximum Gasteiger partial charge on any atom is 0.347 e. The molecule has 0 aliphatic rings. The Bertz CT molecular complexity index is 1150. The van der Waals surface area contributed by atoms with Crippen LogP contribution in [0.3, 0.4) is 0 Å². The molecule has 0 aliphatic heterocycles. The SMILES string of the molecule is CCS(=O)(=O)Oc1ccc(CCN(CC(=O)NC)Cc2cc(C)c(OC(C)(C)C(=O)O)c(C)c2)cc1. The average molecular weight is 521 g/mol.